The van der Waals surface area contributed by atoms with Crippen molar-refractivity contribution in [3.63, 3.8) is 0 Å². The molecule has 0 spiro atoms. The summed E-state index contributed by atoms with van der Waals surface area (Å²) in [4.78, 5) is 26.9. The molecule has 8 nitrogen and oxygen atoms in total. The van der Waals surface area contributed by atoms with Gasteiger partial charge < -0.3 is 14.4 Å². The van der Waals surface area contributed by atoms with Gasteiger partial charge in [-0.2, -0.15) is 0 Å². The van der Waals surface area contributed by atoms with Crippen molar-refractivity contribution in [2.45, 2.75) is 46.3 Å². The Bertz CT molecular complexity index is 772. The Kier molecular flexibility index (Phi) is 7.24. The second-order valence-corrected chi connectivity index (χ2v) is 8.39. The summed E-state index contributed by atoms with van der Waals surface area (Å²) in [5.41, 5.74) is 0.862. The molecule has 1 fully saturated rings. The molecule has 160 valence electrons. The van der Waals surface area contributed by atoms with Crippen LogP contribution in [-0.4, -0.2) is 65.2 Å². The number of ether oxygens (including phenoxy) is 2. The van der Waals surface area contributed by atoms with Gasteiger partial charge in [0.05, 0.1) is 4.92 Å². The number of hydrogen-bond donors (Lipinski definition) is 0. The smallest absolute Gasteiger partial charge is 0.410 e. The summed E-state index contributed by atoms with van der Waals surface area (Å²) in [5.74, 6) is 0.587. The molecular weight excluding hydrogens is 374 g/mol. The number of piperazine rings is 1. The van der Waals surface area contributed by atoms with E-state index >= 15 is 0 Å². The van der Waals surface area contributed by atoms with E-state index in [1.165, 1.54) is 12.1 Å². The summed E-state index contributed by atoms with van der Waals surface area (Å²) in [5, 5.41) is 11.0. The summed E-state index contributed by atoms with van der Waals surface area (Å²) in [7, 11) is 0. The minimum Gasteiger partial charge on any atom is -0.492 e. The zero-order valence-electron chi connectivity index (χ0n) is 17.9. The molecule has 1 aromatic rings. The Morgan fingerprint density at radius 3 is 2.59 bits per heavy atom. The average molecular weight is 405 g/mol. The maximum Gasteiger partial charge on any atom is 0.410 e. The van der Waals surface area contributed by atoms with E-state index < -0.39 is 10.5 Å². The van der Waals surface area contributed by atoms with Gasteiger partial charge in [-0.3, -0.25) is 15.0 Å². The second-order valence-electron chi connectivity index (χ2n) is 8.39. The van der Waals surface area contributed by atoms with Gasteiger partial charge in [-0.25, -0.2) is 4.79 Å². The summed E-state index contributed by atoms with van der Waals surface area (Å²) < 4.78 is 11.4. The van der Waals surface area contributed by atoms with E-state index in [9.17, 15) is 14.9 Å². The first-order valence-corrected chi connectivity index (χ1v) is 9.77. The molecule has 0 saturated carbocycles. The van der Waals surface area contributed by atoms with Crippen LogP contribution in [0.25, 0.3) is 5.57 Å². The Labute approximate surface area is 172 Å². The van der Waals surface area contributed by atoms with Crippen molar-refractivity contribution in [3.05, 3.63) is 40.5 Å². The molecule has 1 saturated heterocycles. The van der Waals surface area contributed by atoms with E-state index in [0.717, 1.165) is 13.1 Å². The summed E-state index contributed by atoms with van der Waals surface area (Å²) in [6, 6.07) is 4.58. The molecule has 0 radical (unpaired) electrons. The van der Waals surface area contributed by atoms with Gasteiger partial charge in [0.2, 0.25) is 0 Å². The number of rotatable bonds is 6. The Morgan fingerprint density at radius 2 is 2.03 bits per heavy atom. The molecule has 0 aromatic heterocycles. The Balaban J connectivity index is 1.89. The van der Waals surface area contributed by atoms with Crippen LogP contribution in [0.5, 0.6) is 5.75 Å². The van der Waals surface area contributed by atoms with E-state index in [1.54, 1.807) is 17.9 Å². The predicted octanol–water partition coefficient (Wildman–Crippen LogP) is 3.95. The summed E-state index contributed by atoms with van der Waals surface area (Å²) in [6.45, 7) is 16.5. The molecule has 8 heteroatoms. The SMILES string of the molecule is C=C(C)c1cc([N+](=O)[O-])ccc1OCCN1CCN(C(=O)OC(C)(C)C)[C@H](C)C1. The van der Waals surface area contributed by atoms with E-state index in [-0.39, 0.29) is 17.8 Å². The maximum atomic E-state index is 12.3. The third-order valence-electron chi connectivity index (χ3n) is 4.64. The second kappa shape index (κ2) is 9.26. The molecule has 1 heterocycles. The van der Waals surface area contributed by atoms with Crippen molar-refractivity contribution in [1.29, 1.82) is 0 Å². The fourth-order valence-corrected chi connectivity index (χ4v) is 3.20. The van der Waals surface area contributed by atoms with Crippen LogP contribution in [0, 0.1) is 10.1 Å². The Morgan fingerprint density at radius 1 is 1.34 bits per heavy atom. The maximum absolute atomic E-state index is 12.3. The highest BCUT2D eigenvalue weighted by molar-refractivity contribution is 5.69. The van der Waals surface area contributed by atoms with Crippen molar-refractivity contribution in [2.75, 3.05) is 32.8 Å². The van der Waals surface area contributed by atoms with Gasteiger partial charge in [0.15, 0.2) is 0 Å². The van der Waals surface area contributed by atoms with Gasteiger partial charge in [0.1, 0.15) is 18.0 Å². The lowest BCUT2D eigenvalue weighted by Gasteiger charge is -2.40. The number of nitro benzene ring substituents is 1. The van der Waals surface area contributed by atoms with Gasteiger partial charge in [-0.05, 0) is 46.3 Å². The van der Waals surface area contributed by atoms with E-state index in [4.69, 9.17) is 9.47 Å². The third kappa shape index (κ3) is 6.45. The number of carbonyl (C=O) groups is 1. The van der Waals surface area contributed by atoms with Gasteiger partial charge in [0.25, 0.3) is 5.69 Å². The van der Waals surface area contributed by atoms with Gasteiger partial charge in [0, 0.05) is 49.9 Å². The van der Waals surface area contributed by atoms with E-state index in [1.807, 2.05) is 27.7 Å². The number of hydrogen-bond acceptors (Lipinski definition) is 6. The normalized spacial score (nSPS) is 17.7. The van der Waals surface area contributed by atoms with Crippen molar-refractivity contribution >= 4 is 17.4 Å². The largest absolute Gasteiger partial charge is 0.492 e. The first-order chi connectivity index (χ1) is 13.5. The molecule has 0 N–H and O–H groups in total. The fraction of sp³-hybridized carbons (Fsp3) is 0.571. The first kappa shape index (κ1) is 22.7. The van der Waals surface area contributed by atoms with Gasteiger partial charge >= 0.3 is 6.09 Å². The van der Waals surface area contributed by atoms with Crippen LogP contribution in [0.15, 0.2) is 24.8 Å². The van der Waals surface area contributed by atoms with Crippen molar-refractivity contribution < 1.29 is 19.2 Å². The van der Waals surface area contributed by atoms with Crippen molar-refractivity contribution in [3.8, 4) is 5.75 Å². The molecule has 0 unspecified atom stereocenters. The Hall–Kier alpha value is -2.61. The quantitative estimate of drug-likeness (QED) is 0.526. The number of amides is 1. The molecule has 1 aromatic carbocycles. The highest BCUT2D eigenvalue weighted by Gasteiger charge is 2.30. The topological polar surface area (TPSA) is 85.2 Å². The third-order valence-corrected chi connectivity index (χ3v) is 4.64. The van der Waals surface area contributed by atoms with Crippen LogP contribution < -0.4 is 4.74 Å². The van der Waals surface area contributed by atoms with Gasteiger partial charge in [-0.15, -0.1) is 0 Å². The van der Waals surface area contributed by atoms with Crippen LogP contribution in [0.3, 0.4) is 0 Å². The number of nitrogens with zero attached hydrogens (tertiary/aromatic N) is 3. The van der Waals surface area contributed by atoms with E-state index in [2.05, 4.69) is 11.5 Å². The number of benzene rings is 1. The minimum atomic E-state index is -0.506. The minimum absolute atomic E-state index is 0.0161. The highest BCUT2D eigenvalue weighted by Crippen LogP contribution is 2.29. The molecule has 1 aliphatic heterocycles. The highest BCUT2D eigenvalue weighted by atomic mass is 16.6. The number of allylic oxidation sites excluding steroid dienone is 1. The molecule has 1 atom stereocenters. The lowest BCUT2D eigenvalue weighted by atomic mass is 10.1. The number of nitro groups is 1. The molecular formula is C21H31N3O5. The van der Waals surface area contributed by atoms with Crippen LogP contribution in [0.2, 0.25) is 0 Å². The van der Waals surface area contributed by atoms with E-state index in [0.29, 0.717) is 36.6 Å². The average Bonchev–Trinajstić information content (AvgIpc) is 2.60. The first-order valence-electron chi connectivity index (χ1n) is 9.77. The molecule has 0 aliphatic carbocycles. The van der Waals surface area contributed by atoms with Crippen LogP contribution >= 0.6 is 0 Å². The molecule has 0 bridgehead atoms. The van der Waals surface area contributed by atoms with Crippen LogP contribution in [0.4, 0.5) is 10.5 Å². The number of carbonyl (C=O) groups excluding carboxylic acids is 1. The molecule has 2 rings (SSSR count). The molecule has 1 aliphatic rings. The lowest BCUT2D eigenvalue weighted by Crippen LogP contribution is -2.55. The van der Waals surface area contributed by atoms with Crippen molar-refractivity contribution in [2.24, 2.45) is 0 Å². The summed E-state index contributed by atoms with van der Waals surface area (Å²) >= 11 is 0. The molecule has 1 amide bonds. The summed E-state index contributed by atoms with van der Waals surface area (Å²) in [6.07, 6.45) is -0.280. The zero-order chi connectivity index (χ0) is 21.8. The van der Waals surface area contributed by atoms with Gasteiger partial charge in [-0.1, -0.05) is 6.58 Å². The number of non-ortho nitro benzene ring substituents is 1. The predicted molar refractivity (Wildman–Crippen MR) is 112 cm³/mol. The zero-order valence-corrected chi connectivity index (χ0v) is 17.9. The lowest BCUT2D eigenvalue weighted by molar-refractivity contribution is -0.384. The standard InChI is InChI=1S/C21H31N3O5/c1-15(2)18-13-17(24(26)27)7-8-19(18)28-12-11-22-9-10-23(16(3)14-22)20(25)29-21(4,5)6/h7-8,13,16H,1,9-12,14H2,2-6H3/t16-/m1/s1. The monoisotopic (exact) mass is 405 g/mol. The fourth-order valence-electron chi connectivity index (χ4n) is 3.20. The molecule has 29 heavy (non-hydrogen) atoms. The van der Waals surface area contributed by atoms with Crippen LogP contribution in [-0.2, 0) is 4.74 Å². The van der Waals surface area contributed by atoms with Crippen molar-refractivity contribution in [1.82, 2.24) is 9.80 Å². The van der Waals surface area contributed by atoms with Crippen LogP contribution in [0.1, 0.15) is 40.2 Å².